The summed E-state index contributed by atoms with van der Waals surface area (Å²) in [5, 5.41) is 0.0736. The average Bonchev–Trinajstić information content (AvgIpc) is 3.30. The van der Waals surface area contributed by atoms with E-state index in [0.717, 1.165) is 6.26 Å². The smallest absolute Gasteiger partial charge is 0.414 e. The minimum absolute atomic E-state index is 0.0488. The van der Waals surface area contributed by atoms with Crippen LogP contribution in [0.1, 0.15) is 26.5 Å². The number of benzene rings is 1. The first-order chi connectivity index (χ1) is 15.2. The van der Waals surface area contributed by atoms with Gasteiger partial charge in [0.1, 0.15) is 18.5 Å². The van der Waals surface area contributed by atoms with Crippen molar-refractivity contribution in [2.45, 2.75) is 51.6 Å². The van der Waals surface area contributed by atoms with Crippen molar-refractivity contribution < 1.29 is 30.9 Å². The lowest BCUT2D eigenvalue weighted by molar-refractivity contribution is 0.107. The normalized spacial score (nSPS) is 17.5. The molecule has 0 spiro atoms. The summed E-state index contributed by atoms with van der Waals surface area (Å²) in [6.45, 7) is 10.9. The molecule has 9 nitrogen and oxygen atoms in total. The molecular weight excluding hydrogens is 469 g/mol. The number of rotatable bonds is 8. The van der Waals surface area contributed by atoms with Crippen LogP contribution < -0.4 is 4.90 Å². The SMILES string of the molecule is CC(C)(C)[Si](C)(C)OCc1cn(-c2ccc(N3CC(COS(C)(=O)=O)OC3=O)cc2F)cn1. The summed E-state index contributed by atoms with van der Waals surface area (Å²) in [6, 6.07) is 4.35. The molecule has 1 amide bonds. The lowest BCUT2D eigenvalue weighted by atomic mass is 10.2. The van der Waals surface area contributed by atoms with Crippen LogP contribution in [0.2, 0.25) is 18.1 Å². The third-order valence-electron chi connectivity index (χ3n) is 5.89. The van der Waals surface area contributed by atoms with E-state index in [1.807, 2.05) is 0 Å². The number of cyclic esters (lactones) is 1. The average molecular weight is 500 g/mol. The fraction of sp³-hybridized carbons (Fsp3) is 0.524. The molecule has 1 unspecified atom stereocenters. The molecule has 1 aromatic heterocycles. The second-order valence-corrected chi connectivity index (χ2v) is 16.0. The van der Waals surface area contributed by atoms with E-state index >= 15 is 0 Å². The minimum Gasteiger partial charge on any atom is -0.441 e. The lowest BCUT2D eigenvalue weighted by Crippen LogP contribution is -2.40. The standard InChI is InChI=1S/C21H30FN3O6SSi/c1-21(2,3)33(5,6)30-12-15-10-24(14-23-15)19-8-7-16(9-18(19)22)25-11-17(31-20(25)26)13-29-32(4,27)28/h7-10,14,17H,11-13H2,1-6H3. The van der Waals surface area contributed by atoms with Gasteiger partial charge in [-0.25, -0.2) is 14.2 Å². The zero-order valence-electron chi connectivity index (χ0n) is 19.7. The zero-order chi connectivity index (χ0) is 24.6. The molecule has 1 atom stereocenters. The van der Waals surface area contributed by atoms with Gasteiger partial charge in [-0.3, -0.25) is 9.08 Å². The monoisotopic (exact) mass is 499 g/mol. The van der Waals surface area contributed by atoms with Crippen molar-refractivity contribution in [1.82, 2.24) is 9.55 Å². The summed E-state index contributed by atoms with van der Waals surface area (Å²) < 4.78 is 54.7. The minimum atomic E-state index is -3.66. The quantitative estimate of drug-likeness (QED) is 0.402. The molecule has 182 valence electrons. The van der Waals surface area contributed by atoms with Crippen molar-refractivity contribution in [3.63, 3.8) is 0 Å². The van der Waals surface area contributed by atoms with Crippen LogP contribution in [0, 0.1) is 5.82 Å². The third kappa shape index (κ3) is 6.19. The number of anilines is 1. The number of hydrogen-bond donors (Lipinski definition) is 0. The first kappa shape index (κ1) is 25.3. The highest BCUT2D eigenvalue weighted by molar-refractivity contribution is 7.85. The number of halogens is 1. The van der Waals surface area contributed by atoms with Crippen LogP contribution in [0.4, 0.5) is 14.9 Å². The molecule has 1 aliphatic heterocycles. The Labute approximate surface area is 194 Å². The molecule has 1 aliphatic rings. The van der Waals surface area contributed by atoms with Crippen molar-refractivity contribution in [1.29, 1.82) is 0 Å². The molecule has 2 aromatic rings. The maximum absolute atomic E-state index is 14.9. The van der Waals surface area contributed by atoms with Crippen LogP contribution >= 0.6 is 0 Å². The number of nitrogens with zero attached hydrogens (tertiary/aromatic N) is 3. The van der Waals surface area contributed by atoms with E-state index in [2.05, 4.69) is 43.0 Å². The van der Waals surface area contributed by atoms with Crippen LogP contribution in [0.5, 0.6) is 0 Å². The van der Waals surface area contributed by atoms with Crippen molar-refractivity contribution in [2.75, 3.05) is 24.3 Å². The molecule has 1 saturated heterocycles. The Bertz CT molecular complexity index is 1130. The Morgan fingerprint density at radius 3 is 2.61 bits per heavy atom. The van der Waals surface area contributed by atoms with Crippen molar-refractivity contribution in [3.05, 3.63) is 42.2 Å². The maximum atomic E-state index is 14.9. The molecule has 0 saturated carbocycles. The number of carbonyl (C=O) groups is 1. The number of amides is 1. The molecule has 0 bridgehead atoms. The van der Waals surface area contributed by atoms with Crippen LogP contribution in [-0.2, 0) is 30.1 Å². The number of carbonyl (C=O) groups excluding carboxylic acids is 1. The van der Waals surface area contributed by atoms with E-state index in [0.29, 0.717) is 18.0 Å². The molecule has 12 heteroatoms. The first-order valence-corrected chi connectivity index (χ1v) is 15.2. The van der Waals surface area contributed by atoms with Crippen molar-refractivity contribution >= 4 is 30.2 Å². The van der Waals surface area contributed by atoms with E-state index in [1.54, 1.807) is 22.9 Å². The molecule has 1 aromatic carbocycles. The topological polar surface area (TPSA) is 100.0 Å². The molecule has 1 fully saturated rings. The fourth-order valence-corrected chi connectivity index (χ4v) is 4.27. The Kier molecular flexibility index (Phi) is 7.04. The predicted molar refractivity (Wildman–Crippen MR) is 124 cm³/mol. The molecular formula is C21H30FN3O6SSi. The maximum Gasteiger partial charge on any atom is 0.414 e. The van der Waals surface area contributed by atoms with Gasteiger partial charge in [-0.2, -0.15) is 8.42 Å². The molecule has 0 N–H and O–H groups in total. The summed E-state index contributed by atoms with van der Waals surface area (Å²) >= 11 is 0. The summed E-state index contributed by atoms with van der Waals surface area (Å²) in [5.74, 6) is -0.551. The van der Waals surface area contributed by atoms with Gasteiger partial charge in [-0.15, -0.1) is 0 Å². The van der Waals surface area contributed by atoms with Crippen molar-refractivity contribution in [2.24, 2.45) is 0 Å². The van der Waals surface area contributed by atoms with Gasteiger partial charge in [0.15, 0.2) is 8.32 Å². The Hall–Kier alpha value is -2.28. The molecule has 2 heterocycles. The van der Waals surface area contributed by atoms with Gasteiger partial charge in [0.2, 0.25) is 0 Å². The first-order valence-electron chi connectivity index (χ1n) is 10.5. The van der Waals surface area contributed by atoms with Crippen LogP contribution in [-0.4, -0.2) is 57.9 Å². The van der Waals surface area contributed by atoms with Gasteiger partial charge in [0.05, 0.1) is 42.8 Å². The van der Waals surface area contributed by atoms with Crippen LogP contribution in [0.3, 0.4) is 0 Å². The van der Waals surface area contributed by atoms with Crippen LogP contribution in [0.25, 0.3) is 5.69 Å². The Morgan fingerprint density at radius 2 is 2.00 bits per heavy atom. The van der Waals surface area contributed by atoms with Gasteiger partial charge in [0.25, 0.3) is 10.1 Å². The molecule has 0 aliphatic carbocycles. The molecule has 3 rings (SSSR count). The van der Waals surface area contributed by atoms with Gasteiger partial charge >= 0.3 is 6.09 Å². The van der Waals surface area contributed by atoms with E-state index in [-0.39, 0.29) is 23.9 Å². The van der Waals surface area contributed by atoms with Gasteiger partial charge < -0.3 is 13.7 Å². The van der Waals surface area contributed by atoms with Gasteiger partial charge in [0, 0.05) is 6.20 Å². The Morgan fingerprint density at radius 1 is 1.30 bits per heavy atom. The predicted octanol–water partition coefficient (Wildman–Crippen LogP) is 3.83. The summed E-state index contributed by atoms with van der Waals surface area (Å²) in [5.41, 5.74) is 1.26. The van der Waals surface area contributed by atoms with E-state index in [9.17, 15) is 17.6 Å². The second-order valence-electron chi connectivity index (χ2n) is 9.56. The lowest BCUT2D eigenvalue weighted by Gasteiger charge is -2.35. The van der Waals surface area contributed by atoms with E-state index < -0.39 is 36.4 Å². The van der Waals surface area contributed by atoms with Crippen LogP contribution in [0.15, 0.2) is 30.7 Å². The largest absolute Gasteiger partial charge is 0.441 e. The molecule has 33 heavy (non-hydrogen) atoms. The highest BCUT2D eigenvalue weighted by atomic mass is 32.2. The number of hydrogen-bond acceptors (Lipinski definition) is 7. The zero-order valence-corrected chi connectivity index (χ0v) is 21.5. The summed E-state index contributed by atoms with van der Waals surface area (Å²) in [6.07, 6.45) is 2.68. The number of ether oxygens (including phenoxy) is 1. The second kappa shape index (κ2) is 9.16. The number of aromatic nitrogens is 2. The summed E-state index contributed by atoms with van der Waals surface area (Å²) in [7, 11) is -5.59. The van der Waals surface area contributed by atoms with E-state index in [1.165, 1.54) is 17.3 Å². The number of imidazole rings is 1. The van der Waals surface area contributed by atoms with E-state index in [4.69, 9.17) is 9.16 Å². The highest BCUT2D eigenvalue weighted by Crippen LogP contribution is 2.37. The fourth-order valence-electron chi connectivity index (χ4n) is 2.93. The third-order valence-corrected chi connectivity index (χ3v) is 10.9. The van der Waals surface area contributed by atoms with Crippen molar-refractivity contribution in [3.8, 4) is 5.69 Å². The molecule has 0 radical (unpaired) electrons. The highest BCUT2D eigenvalue weighted by Gasteiger charge is 2.37. The van der Waals surface area contributed by atoms with Gasteiger partial charge in [-0.05, 0) is 36.3 Å². The summed E-state index contributed by atoms with van der Waals surface area (Å²) in [4.78, 5) is 17.7. The Balaban J connectivity index is 1.69. The van der Waals surface area contributed by atoms with Gasteiger partial charge in [-0.1, -0.05) is 20.8 Å².